The molecule has 0 fully saturated rings. The Balaban J connectivity index is 2.75. The average molecular weight is 200 g/mol. The first kappa shape index (κ1) is 11.1. The normalized spacial score (nSPS) is 9.47. The first-order chi connectivity index (χ1) is 7.26. The Morgan fingerprint density at radius 1 is 1.33 bits per heavy atom. The van der Waals surface area contributed by atoms with Gasteiger partial charge >= 0.3 is 5.97 Å². The lowest BCUT2D eigenvalue weighted by Gasteiger charge is -1.94. The highest BCUT2D eigenvalue weighted by Crippen LogP contribution is 2.05. The van der Waals surface area contributed by atoms with Crippen LogP contribution in [0.5, 0.6) is 0 Å². The molecule has 0 aliphatic carbocycles. The quantitative estimate of drug-likeness (QED) is 0.416. The molecule has 0 N–H and O–H groups in total. The largest absolute Gasteiger partial charge is 0.466 e. The van der Waals surface area contributed by atoms with Crippen LogP contribution in [-0.4, -0.2) is 13.1 Å². The van der Waals surface area contributed by atoms with Crippen molar-refractivity contribution in [1.82, 2.24) is 0 Å². The molecule has 76 valence electrons. The lowest BCUT2D eigenvalue weighted by atomic mass is 10.1. The molecule has 15 heavy (non-hydrogen) atoms. The van der Waals surface area contributed by atoms with Crippen LogP contribution >= 0.6 is 0 Å². The predicted octanol–water partition coefficient (Wildman–Crippen LogP) is 2.24. The number of benzene rings is 1. The third-order valence-corrected chi connectivity index (χ3v) is 1.79. The van der Waals surface area contributed by atoms with Crippen LogP contribution in [-0.2, 0) is 9.53 Å². The monoisotopic (exact) mass is 200 g/mol. The zero-order valence-corrected chi connectivity index (χ0v) is 8.78. The molecular weight excluding hydrogens is 188 g/mol. The van der Waals surface area contributed by atoms with Crippen molar-refractivity contribution in [3.8, 4) is 11.8 Å². The van der Waals surface area contributed by atoms with Crippen LogP contribution in [0.1, 0.15) is 18.1 Å². The van der Waals surface area contributed by atoms with E-state index in [0.29, 0.717) is 0 Å². The van der Waals surface area contributed by atoms with Gasteiger partial charge in [-0.15, -0.1) is 5.92 Å². The zero-order chi connectivity index (χ0) is 11.1. The second-order valence-electron chi connectivity index (χ2n) is 2.85. The summed E-state index contributed by atoms with van der Waals surface area (Å²) in [4.78, 5) is 10.8. The highest BCUT2D eigenvalue weighted by atomic mass is 16.5. The summed E-state index contributed by atoms with van der Waals surface area (Å²) in [7, 11) is 1.35. The molecule has 0 amide bonds. The van der Waals surface area contributed by atoms with Crippen molar-refractivity contribution in [3.63, 3.8) is 0 Å². The van der Waals surface area contributed by atoms with Crippen LogP contribution < -0.4 is 0 Å². The molecule has 0 aromatic heterocycles. The molecule has 0 radical (unpaired) electrons. The highest BCUT2D eigenvalue weighted by molar-refractivity contribution is 5.86. The molecule has 0 aliphatic heterocycles. The number of hydrogen-bond acceptors (Lipinski definition) is 2. The third kappa shape index (κ3) is 3.70. The van der Waals surface area contributed by atoms with Gasteiger partial charge in [-0.25, -0.2) is 4.79 Å². The van der Waals surface area contributed by atoms with Crippen LogP contribution in [0.15, 0.2) is 30.3 Å². The van der Waals surface area contributed by atoms with Crippen LogP contribution in [0.4, 0.5) is 0 Å². The van der Waals surface area contributed by atoms with Gasteiger partial charge in [0.1, 0.15) is 0 Å². The number of carbonyl (C=O) groups is 1. The summed E-state index contributed by atoms with van der Waals surface area (Å²) in [5, 5.41) is 0. The van der Waals surface area contributed by atoms with Gasteiger partial charge < -0.3 is 4.74 Å². The summed E-state index contributed by atoms with van der Waals surface area (Å²) < 4.78 is 4.49. The number of carbonyl (C=O) groups excluding carboxylic acids is 1. The predicted molar refractivity (Wildman–Crippen MR) is 60.0 cm³/mol. The van der Waals surface area contributed by atoms with Gasteiger partial charge in [0.2, 0.25) is 0 Å². The van der Waals surface area contributed by atoms with E-state index in [1.54, 1.807) is 13.0 Å². The zero-order valence-electron chi connectivity index (χ0n) is 8.78. The Bertz CT molecular complexity index is 416. The molecule has 0 aliphatic rings. The first-order valence-electron chi connectivity index (χ1n) is 4.55. The van der Waals surface area contributed by atoms with E-state index in [1.807, 2.05) is 24.3 Å². The van der Waals surface area contributed by atoms with Crippen molar-refractivity contribution in [2.45, 2.75) is 6.92 Å². The Morgan fingerprint density at radius 2 is 2.00 bits per heavy atom. The molecular formula is C13H12O2. The van der Waals surface area contributed by atoms with Gasteiger partial charge in [0.15, 0.2) is 0 Å². The van der Waals surface area contributed by atoms with E-state index in [2.05, 4.69) is 16.6 Å². The fourth-order valence-corrected chi connectivity index (χ4v) is 1.05. The summed E-state index contributed by atoms with van der Waals surface area (Å²) >= 11 is 0. The van der Waals surface area contributed by atoms with Gasteiger partial charge in [-0.3, -0.25) is 0 Å². The molecule has 0 bridgehead atoms. The van der Waals surface area contributed by atoms with E-state index >= 15 is 0 Å². The SMILES string of the molecule is CC#Cc1ccc(/C=C/C(=O)OC)cc1. The average Bonchev–Trinajstić information content (AvgIpc) is 2.28. The number of rotatable bonds is 2. The molecule has 0 heterocycles. The first-order valence-corrected chi connectivity index (χ1v) is 4.55. The van der Waals surface area contributed by atoms with Crippen molar-refractivity contribution >= 4 is 12.0 Å². The molecule has 0 saturated heterocycles. The number of esters is 1. The van der Waals surface area contributed by atoms with Gasteiger partial charge in [-0.05, 0) is 30.7 Å². The van der Waals surface area contributed by atoms with E-state index < -0.39 is 0 Å². The van der Waals surface area contributed by atoms with Gasteiger partial charge in [0, 0.05) is 11.6 Å². The highest BCUT2D eigenvalue weighted by Gasteiger charge is 1.92. The second kappa shape index (κ2) is 5.66. The maximum atomic E-state index is 10.8. The van der Waals surface area contributed by atoms with Gasteiger partial charge in [-0.2, -0.15) is 0 Å². The summed E-state index contributed by atoms with van der Waals surface area (Å²) in [5.41, 5.74) is 1.91. The van der Waals surface area contributed by atoms with Gasteiger partial charge in [0.25, 0.3) is 0 Å². The molecule has 2 heteroatoms. The van der Waals surface area contributed by atoms with Crippen molar-refractivity contribution in [2.24, 2.45) is 0 Å². The second-order valence-corrected chi connectivity index (χ2v) is 2.85. The fourth-order valence-electron chi connectivity index (χ4n) is 1.05. The fraction of sp³-hybridized carbons (Fsp3) is 0.154. The Hall–Kier alpha value is -2.01. The molecule has 0 unspecified atom stereocenters. The minimum absolute atomic E-state index is 0.354. The molecule has 0 saturated carbocycles. The van der Waals surface area contributed by atoms with Gasteiger partial charge in [-0.1, -0.05) is 18.1 Å². The van der Waals surface area contributed by atoms with E-state index in [4.69, 9.17) is 0 Å². The summed E-state index contributed by atoms with van der Waals surface area (Å²) in [5.74, 6) is 5.41. The van der Waals surface area contributed by atoms with Crippen molar-refractivity contribution < 1.29 is 9.53 Å². The van der Waals surface area contributed by atoms with E-state index in [9.17, 15) is 4.79 Å². The Morgan fingerprint density at radius 3 is 2.53 bits per heavy atom. The van der Waals surface area contributed by atoms with E-state index in [0.717, 1.165) is 11.1 Å². The van der Waals surface area contributed by atoms with Crippen LogP contribution in [0.3, 0.4) is 0 Å². The molecule has 2 nitrogen and oxygen atoms in total. The topological polar surface area (TPSA) is 26.3 Å². The number of hydrogen-bond donors (Lipinski definition) is 0. The van der Waals surface area contributed by atoms with Crippen molar-refractivity contribution in [1.29, 1.82) is 0 Å². The number of ether oxygens (including phenoxy) is 1. The minimum Gasteiger partial charge on any atom is -0.466 e. The van der Waals surface area contributed by atoms with Crippen LogP contribution in [0, 0.1) is 11.8 Å². The summed E-state index contributed by atoms with van der Waals surface area (Å²) in [6, 6.07) is 7.62. The third-order valence-electron chi connectivity index (χ3n) is 1.79. The molecule has 1 aromatic carbocycles. The van der Waals surface area contributed by atoms with Gasteiger partial charge in [0.05, 0.1) is 7.11 Å². The maximum absolute atomic E-state index is 10.8. The van der Waals surface area contributed by atoms with E-state index in [-0.39, 0.29) is 5.97 Å². The Kier molecular flexibility index (Phi) is 4.18. The van der Waals surface area contributed by atoms with Crippen LogP contribution in [0.2, 0.25) is 0 Å². The number of methoxy groups -OCH3 is 1. The van der Waals surface area contributed by atoms with Crippen molar-refractivity contribution in [3.05, 3.63) is 41.5 Å². The lowest BCUT2D eigenvalue weighted by molar-refractivity contribution is -0.134. The molecule has 1 rings (SSSR count). The maximum Gasteiger partial charge on any atom is 0.330 e. The van der Waals surface area contributed by atoms with Crippen molar-refractivity contribution in [2.75, 3.05) is 7.11 Å². The lowest BCUT2D eigenvalue weighted by Crippen LogP contribution is -1.93. The van der Waals surface area contributed by atoms with E-state index in [1.165, 1.54) is 13.2 Å². The molecule has 1 aromatic rings. The molecule has 0 spiro atoms. The summed E-state index contributed by atoms with van der Waals surface area (Å²) in [6.45, 7) is 1.80. The Labute approximate surface area is 89.6 Å². The standard InChI is InChI=1S/C13H12O2/c1-3-4-11-5-7-12(8-6-11)9-10-13(14)15-2/h5-10H,1-2H3/b10-9+. The summed E-state index contributed by atoms with van der Waals surface area (Å²) in [6.07, 6.45) is 3.09. The smallest absolute Gasteiger partial charge is 0.330 e. The molecule has 0 atom stereocenters. The minimum atomic E-state index is -0.354. The van der Waals surface area contributed by atoms with Crippen LogP contribution in [0.25, 0.3) is 6.08 Å².